The van der Waals surface area contributed by atoms with E-state index in [9.17, 15) is 0 Å². The molecule has 104 valence electrons. The van der Waals surface area contributed by atoms with Crippen LogP contribution in [-0.4, -0.2) is 26.3 Å². The highest BCUT2D eigenvalue weighted by Gasteiger charge is 2.11. The fourth-order valence-electron chi connectivity index (χ4n) is 2.62. The first-order valence-electron chi connectivity index (χ1n) is 6.93. The molecule has 1 aliphatic rings. The van der Waals surface area contributed by atoms with Gasteiger partial charge in [-0.25, -0.2) is 0 Å². The first kappa shape index (κ1) is 13.5. The summed E-state index contributed by atoms with van der Waals surface area (Å²) < 4.78 is 5.39. The smallest absolute Gasteiger partial charge is 0.0642 e. The molecule has 2 aromatic rings. The molecule has 1 fully saturated rings. The molecule has 0 spiro atoms. The van der Waals surface area contributed by atoms with E-state index in [4.69, 9.17) is 16.3 Å². The highest BCUT2D eigenvalue weighted by atomic mass is 35.5. The van der Waals surface area contributed by atoms with Crippen molar-refractivity contribution in [2.75, 3.05) is 31.2 Å². The Labute approximate surface area is 124 Å². The number of aryl methyl sites for hydroxylation is 1. The lowest BCUT2D eigenvalue weighted by Crippen LogP contribution is -2.36. The van der Waals surface area contributed by atoms with Crippen LogP contribution < -0.4 is 4.90 Å². The van der Waals surface area contributed by atoms with Crippen LogP contribution in [0, 0.1) is 6.92 Å². The van der Waals surface area contributed by atoms with E-state index >= 15 is 0 Å². The summed E-state index contributed by atoms with van der Waals surface area (Å²) in [5.74, 6) is 0. The van der Waals surface area contributed by atoms with Gasteiger partial charge >= 0.3 is 0 Å². The molecule has 0 N–H and O–H groups in total. The lowest BCUT2D eigenvalue weighted by Gasteiger charge is -2.29. The van der Waals surface area contributed by atoms with Crippen molar-refractivity contribution in [1.82, 2.24) is 0 Å². The van der Waals surface area contributed by atoms with Crippen LogP contribution in [0.3, 0.4) is 0 Å². The molecule has 0 bridgehead atoms. The third kappa shape index (κ3) is 2.82. The Morgan fingerprint density at radius 2 is 1.70 bits per heavy atom. The van der Waals surface area contributed by atoms with Crippen molar-refractivity contribution in [3.63, 3.8) is 0 Å². The maximum Gasteiger partial charge on any atom is 0.0642 e. The zero-order chi connectivity index (χ0) is 13.9. The number of ether oxygens (including phenoxy) is 1. The Morgan fingerprint density at radius 3 is 2.35 bits per heavy atom. The van der Waals surface area contributed by atoms with Gasteiger partial charge in [0.15, 0.2) is 0 Å². The molecule has 2 nitrogen and oxygen atoms in total. The van der Waals surface area contributed by atoms with Gasteiger partial charge in [-0.15, -0.1) is 0 Å². The molecule has 0 aliphatic carbocycles. The Bertz CT molecular complexity index is 588. The second kappa shape index (κ2) is 5.86. The summed E-state index contributed by atoms with van der Waals surface area (Å²) in [6, 6.07) is 14.8. The summed E-state index contributed by atoms with van der Waals surface area (Å²) in [4.78, 5) is 2.36. The lowest BCUT2D eigenvalue weighted by atomic mass is 10.0. The molecule has 2 aromatic carbocycles. The normalized spacial score (nSPS) is 15.4. The molecule has 0 amide bonds. The average molecular weight is 288 g/mol. The van der Waals surface area contributed by atoms with Crippen LogP contribution in [0.25, 0.3) is 11.1 Å². The third-order valence-electron chi connectivity index (χ3n) is 3.74. The maximum atomic E-state index is 6.01. The minimum Gasteiger partial charge on any atom is -0.378 e. The van der Waals surface area contributed by atoms with Crippen LogP contribution in [0.4, 0.5) is 5.69 Å². The third-order valence-corrected chi connectivity index (χ3v) is 3.98. The predicted molar refractivity (Wildman–Crippen MR) is 84.7 cm³/mol. The van der Waals surface area contributed by atoms with Crippen molar-refractivity contribution in [1.29, 1.82) is 0 Å². The zero-order valence-corrected chi connectivity index (χ0v) is 12.4. The van der Waals surface area contributed by atoms with Crippen LogP contribution in [-0.2, 0) is 4.74 Å². The largest absolute Gasteiger partial charge is 0.378 e. The first-order valence-corrected chi connectivity index (χ1v) is 7.31. The Kier molecular flexibility index (Phi) is 3.95. The van der Waals surface area contributed by atoms with Crippen LogP contribution in [0.5, 0.6) is 0 Å². The quantitative estimate of drug-likeness (QED) is 0.823. The molecule has 3 heteroatoms. The summed E-state index contributed by atoms with van der Waals surface area (Å²) >= 11 is 6.01. The number of anilines is 1. The standard InChI is InChI=1S/C17H18ClNO/c1-13-12-15(18)4-7-17(13)14-2-5-16(6-3-14)19-8-10-20-11-9-19/h2-7,12H,8-11H2,1H3. The highest BCUT2D eigenvalue weighted by molar-refractivity contribution is 6.30. The summed E-state index contributed by atoms with van der Waals surface area (Å²) in [6.07, 6.45) is 0. The van der Waals surface area contributed by atoms with Crippen molar-refractivity contribution in [2.24, 2.45) is 0 Å². The van der Waals surface area contributed by atoms with E-state index in [1.165, 1.54) is 22.4 Å². The minimum atomic E-state index is 0.788. The second-order valence-electron chi connectivity index (χ2n) is 5.11. The van der Waals surface area contributed by atoms with Gasteiger partial charge in [0.2, 0.25) is 0 Å². The number of nitrogens with zero attached hydrogens (tertiary/aromatic N) is 1. The molecule has 3 rings (SSSR count). The van der Waals surface area contributed by atoms with E-state index < -0.39 is 0 Å². The van der Waals surface area contributed by atoms with E-state index in [0.717, 1.165) is 31.3 Å². The Hall–Kier alpha value is -1.51. The van der Waals surface area contributed by atoms with Gasteiger partial charge < -0.3 is 9.64 Å². The number of rotatable bonds is 2. The van der Waals surface area contributed by atoms with Gasteiger partial charge in [0.25, 0.3) is 0 Å². The van der Waals surface area contributed by atoms with Gasteiger partial charge in [-0.05, 0) is 47.9 Å². The van der Waals surface area contributed by atoms with Crippen molar-refractivity contribution < 1.29 is 4.74 Å². The molecule has 0 unspecified atom stereocenters. The van der Waals surface area contributed by atoms with E-state index in [1.54, 1.807) is 0 Å². The topological polar surface area (TPSA) is 12.5 Å². The summed E-state index contributed by atoms with van der Waals surface area (Å²) in [6.45, 7) is 5.67. The van der Waals surface area contributed by atoms with Crippen molar-refractivity contribution in [3.8, 4) is 11.1 Å². The van der Waals surface area contributed by atoms with Gasteiger partial charge in [-0.1, -0.05) is 29.8 Å². The van der Waals surface area contributed by atoms with Crippen LogP contribution >= 0.6 is 11.6 Å². The first-order chi connectivity index (χ1) is 9.74. The molecule has 0 radical (unpaired) electrons. The van der Waals surface area contributed by atoms with Gasteiger partial charge in [0, 0.05) is 23.8 Å². The van der Waals surface area contributed by atoms with Crippen LogP contribution in [0.2, 0.25) is 5.02 Å². The summed E-state index contributed by atoms with van der Waals surface area (Å²) in [7, 11) is 0. The second-order valence-corrected chi connectivity index (χ2v) is 5.54. The van der Waals surface area contributed by atoms with E-state index in [1.807, 2.05) is 12.1 Å². The number of benzene rings is 2. The molecular formula is C17H18ClNO. The van der Waals surface area contributed by atoms with Gasteiger partial charge in [-0.2, -0.15) is 0 Å². The molecule has 1 heterocycles. The molecule has 20 heavy (non-hydrogen) atoms. The summed E-state index contributed by atoms with van der Waals surface area (Å²) in [5.41, 5.74) is 4.94. The highest BCUT2D eigenvalue weighted by Crippen LogP contribution is 2.28. The summed E-state index contributed by atoms with van der Waals surface area (Å²) in [5, 5.41) is 0.788. The van der Waals surface area contributed by atoms with E-state index in [-0.39, 0.29) is 0 Å². The molecule has 1 aliphatic heterocycles. The maximum absolute atomic E-state index is 6.01. The van der Waals surface area contributed by atoms with E-state index in [0.29, 0.717) is 0 Å². The number of morpholine rings is 1. The zero-order valence-electron chi connectivity index (χ0n) is 11.6. The fourth-order valence-corrected chi connectivity index (χ4v) is 2.85. The number of halogens is 1. The van der Waals surface area contributed by atoms with Crippen LogP contribution in [0.15, 0.2) is 42.5 Å². The van der Waals surface area contributed by atoms with Crippen molar-refractivity contribution in [2.45, 2.75) is 6.92 Å². The molecule has 0 atom stereocenters. The molecular weight excluding hydrogens is 270 g/mol. The van der Waals surface area contributed by atoms with Gasteiger partial charge in [0.1, 0.15) is 0 Å². The lowest BCUT2D eigenvalue weighted by molar-refractivity contribution is 0.122. The van der Waals surface area contributed by atoms with Crippen molar-refractivity contribution >= 4 is 17.3 Å². The molecule has 0 aromatic heterocycles. The van der Waals surface area contributed by atoms with Crippen molar-refractivity contribution in [3.05, 3.63) is 53.1 Å². The minimum absolute atomic E-state index is 0.788. The Balaban J connectivity index is 1.85. The van der Waals surface area contributed by atoms with Crippen LogP contribution in [0.1, 0.15) is 5.56 Å². The number of hydrogen-bond donors (Lipinski definition) is 0. The van der Waals surface area contributed by atoms with E-state index in [2.05, 4.69) is 42.2 Å². The van der Waals surface area contributed by atoms with Gasteiger partial charge in [-0.3, -0.25) is 0 Å². The monoisotopic (exact) mass is 287 g/mol. The van der Waals surface area contributed by atoms with Gasteiger partial charge in [0.05, 0.1) is 13.2 Å². The number of hydrogen-bond acceptors (Lipinski definition) is 2. The Morgan fingerprint density at radius 1 is 1.00 bits per heavy atom. The fraction of sp³-hybridized carbons (Fsp3) is 0.294. The average Bonchev–Trinajstić information content (AvgIpc) is 2.48. The predicted octanol–water partition coefficient (Wildman–Crippen LogP) is 4.15. The molecule has 1 saturated heterocycles. The SMILES string of the molecule is Cc1cc(Cl)ccc1-c1ccc(N2CCOCC2)cc1. The molecule has 0 saturated carbocycles.